The molecule has 0 saturated heterocycles. The molecular weight excluding hydrogens is 339 g/mol. The zero-order valence-corrected chi connectivity index (χ0v) is 12.6. The summed E-state index contributed by atoms with van der Waals surface area (Å²) in [4.78, 5) is -0.811. The van der Waals surface area contributed by atoms with Crippen LogP contribution in [0, 0.1) is 0 Å². The van der Waals surface area contributed by atoms with Crippen LogP contribution >= 0.6 is 11.6 Å². The lowest BCUT2D eigenvalue weighted by atomic mass is 10.2. The van der Waals surface area contributed by atoms with Gasteiger partial charge in [0.25, 0.3) is 0 Å². The summed E-state index contributed by atoms with van der Waals surface area (Å²) in [5.74, 6) is 0. The van der Waals surface area contributed by atoms with Crippen LogP contribution < -0.4 is 4.72 Å². The number of halogens is 4. The molecule has 0 aliphatic rings. The highest BCUT2D eigenvalue weighted by molar-refractivity contribution is 7.89. The molecule has 1 N–H and O–H groups in total. The van der Waals surface area contributed by atoms with Gasteiger partial charge in [0, 0.05) is 11.6 Å². The molecule has 2 aromatic rings. The van der Waals surface area contributed by atoms with Crippen molar-refractivity contribution < 1.29 is 21.6 Å². The average Bonchev–Trinajstić information content (AvgIpc) is 2.46. The number of alkyl halides is 3. The highest BCUT2D eigenvalue weighted by atomic mass is 35.5. The summed E-state index contributed by atoms with van der Waals surface area (Å²) in [5, 5.41) is 0.328. The lowest BCUT2D eigenvalue weighted by Crippen LogP contribution is -2.26. The molecule has 2 rings (SSSR count). The van der Waals surface area contributed by atoms with E-state index in [0.717, 1.165) is 18.2 Å². The van der Waals surface area contributed by atoms with Gasteiger partial charge in [-0.05, 0) is 23.8 Å². The minimum absolute atomic E-state index is 0.200. The zero-order valence-electron chi connectivity index (χ0n) is 11.1. The van der Waals surface area contributed by atoms with Gasteiger partial charge in [0.1, 0.15) is 0 Å². The van der Waals surface area contributed by atoms with Crippen LogP contribution in [0.3, 0.4) is 0 Å². The molecule has 118 valence electrons. The van der Waals surface area contributed by atoms with Gasteiger partial charge in [0.2, 0.25) is 10.0 Å². The van der Waals surface area contributed by atoms with Gasteiger partial charge in [0.05, 0.1) is 10.5 Å². The monoisotopic (exact) mass is 349 g/mol. The Balaban J connectivity index is 2.31. The Labute approximate surface area is 130 Å². The Kier molecular flexibility index (Phi) is 4.79. The summed E-state index contributed by atoms with van der Waals surface area (Å²) in [7, 11) is -4.32. The van der Waals surface area contributed by atoms with Crippen LogP contribution in [-0.2, 0) is 22.7 Å². The highest BCUT2D eigenvalue weighted by Crippen LogP contribution is 2.33. The van der Waals surface area contributed by atoms with Gasteiger partial charge in [0.15, 0.2) is 0 Å². The molecule has 0 unspecified atom stereocenters. The van der Waals surface area contributed by atoms with Crippen molar-refractivity contribution in [2.45, 2.75) is 17.6 Å². The van der Waals surface area contributed by atoms with Crippen LogP contribution in [0.4, 0.5) is 13.2 Å². The lowest BCUT2D eigenvalue weighted by molar-refractivity contribution is -0.139. The second kappa shape index (κ2) is 6.28. The van der Waals surface area contributed by atoms with Crippen molar-refractivity contribution in [2.75, 3.05) is 0 Å². The third-order valence-electron chi connectivity index (χ3n) is 2.89. The van der Waals surface area contributed by atoms with Crippen molar-refractivity contribution in [3.63, 3.8) is 0 Å². The van der Waals surface area contributed by atoms with E-state index in [9.17, 15) is 21.6 Å². The van der Waals surface area contributed by atoms with Crippen molar-refractivity contribution in [2.24, 2.45) is 0 Å². The van der Waals surface area contributed by atoms with E-state index >= 15 is 0 Å². The molecule has 0 atom stereocenters. The Morgan fingerprint density at radius 3 is 2.23 bits per heavy atom. The molecular formula is C14H11ClF3NO2S. The molecule has 0 aliphatic carbocycles. The summed E-state index contributed by atoms with van der Waals surface area (Å²) in [6, 6.07) is 10.5. The van der Waals surface area contributed by atoms with E-state index in [2.05, 4.69) is 4.72 Å². The van der Waals surface area contributed by atoms with Gasteiger partial charge in [-0.3, -0.25) is 0 Å². The standard InChI is InChI=1S/C14H11ClF3NO2S/c15-12-7-3-1-5-10(12)9-19-22(20,21)13-8-4-2-6-11(13)14(16,17)18/h1-8,19H,9H2. The average molecular weight is 350 g/mol. The fourth-order valence-electron chi connectivity index (χ4n) is 1.83. The van der Waals surface area contributed by atoms with Gasteiger partial charge in [-0.15, -0.1) is 0 Å². The Hall–Kier alpha value is -1.57. The maximum atomic E-state index is 12.9. The first-order valence-electron chi connectivity index (χ1n) is 6.11. The van der Waals surface area contributed by atoms with E-state index in [-0.39, 0.29) is 6.54 Å². The molecule has 0 fully saturated rings. The summed E-state index contributed by atoms with van der Waals surface area (Å²) < 4.78 is 65.1. The minimum Gasteiger partial charge on any atom is -0.207 e. The fourth-order valence-corrected chi connectivity index (χ4v) is 3.26. The van der Waals surface area contributed by atoms with Gasteiger partial charge >= 0.3 is 6.18 Å². The molecule has 0 aliphatic heterocycles. The van der Waals surface area contributed by atoms with E-state index in [1.165, 1.54) is 6.07 Å². The molecule has 0 amide bonds. The normalized spacial score (nSPS) is 12.4. The smallest absolute Gasteiger partial charge is 0.207 e. The summed E-state index contributed by atoms with van der Waals surface area (Å²) in [6.45, 7) is -0.200. The summed E-state index contributed by atoms with van der Waals surface area (Å²) >= 11 is 5.89. The lowest BCUT2D eigenvalue weighted by Gasteiger charge is -2.14. The first-order valence-corrected chi connectivity index (χ1v) is 7.97. The van der Waals surface area contributed by atoms with Gasteiger partial charge in [-0.1, -0.05) is 41.9 Å². The molecule has 0 spiro atoms. The Bertz CT molecular complexity index is 776. The van der Waals surface area contributed by atoms with E-state index in [0.29, 0.717) is 10.6 Å². The predicted octanol–water partition coefficient (Wildman–Crippen LogP) is 3.84. The van der Waals surface area contributed by atoms with Crippen LogP contribution in [0.5, 0.6) is 0 Å². The molecule has 3 nitrogen and oxygen atoms in total. The van der Waals surface area contributed by atoms with E-state index < -0.39 is 26.7 Å². The van der Waals surface area contributed by atoms with Crippen molar-refractivity contribution >= 4 is 21.6 Å². The molecule has 2 aromatic carbocycles. The number of rotatable bonds is 4. The molecule has 0 heterocycles. The quantitative estimate of drug-likeness (QED) is 0.911. The Morgan fingerprint density at radius 2 is 1.59 bits per heavy atom. The molecule has 0 radical (unpaired) electrons. The Morgan fingerprint density at radius 1 is 1.00 bits per heavy atom. The van der Waals surface area contributed by atoms with Gasteiger partial charge in [-0.25, -0.2) is 13.1 Å². The third-order valence-corrected chi connectivity index (χ3v) is 4.72. The van der Waals surface area contributed by atoms with Gasteiger partial charge in [-0.2, -0.15) is 13.2 Å². The molecule has 0 bridgehead atoms. The number of nitrogens with one attached hydrogen (secondary N) is 1. The summed E-state index contributed by atoms with van der Waals surface area (Å²) in [6.07, 6.45) is -4.75. The topological polar surface area (TPSA) is 46.2 Å². The number of hydrogen-bond donors (Lipinski definition) is 1. The van der Waals surface area contributed by atoms with Crippen LogP contribution in [0.15, 0.2) is 53.4 Å². The third kappa shape index (κ3) is 3.79. The second-order valence-corrected chi connectivity index (χ2v) is 6.55. The zero-order chi connectivity index (χ0) is 16.4. The van der Waals surface area contributed by atoms with Crippen molar-refractivity contribution in [3.8, 4) is 0 Å². The van der Waals surface area contributed by atoms with E-state index in [4.69, 9.17) is 11.6 Å². The SMILES string of the molecule is O=S(=O)(NCc1ccccc1Cl)c1ccccc1C(F)(F)F. The van der Waals surface area contributed by atoms with Crippen molar-refractivity contribution in [1.29, 1.82) is 0 Å². The van der Waals surface area contributed by atoms with E-state index in [1.54, 1.807) is 24.3 Å². The van der Waals surface area contributed by atoms with Crippen LogP contribution in [0.2, 0.25) is 5.02 Å². The first-order chi connectivity index (χ1) is 10.2. The van der Waals surface area contributed by atoms with Crippen LogP contribution in [0.1, 0.15) is 11.1 Å². The fraction of sp³-hybridized carbons (Fsp3) is 0.143. The highest BCUT2D eigenvalue weighted by Gasteiger charge is 2.36. The molecule has 0 saturated carbocycles. The van der Waals surface area contributed by atoms with Crippen LogP contribution in [0.25, 0.3) is 0 Å². The van der Waals surface area contributed by atoms with Crippen LogP contribution in [-0.4, -0.2) is 8.42 Å². The second-order valence-electron chi connectivity index (χ2n) is 4.41. The molecule has 8 heteroatoms. The minimum atomic E-state index is -4.75. The molecule has 22 heavy (non-hydrogen) atoms. The maximum Gasteiger partial charge on any atom is 0.417 e. The van der Waals surface area contributed by atoms with Gasteiger partial charge < -0.3 is 0 Å². The number of hydrogen-bond acceptors (Lipinski definition) is 2. The molecule has 0 aromatic heterocycles. The first kappa shape index (κ1) is 16.8. The maximum absolute atomic E-state index is 12.9. The van der Waals surface area contributed by atoms with E-state index in [1.807, 2.05) is 0 Å². The van der Waals surface area contributed by atoms with Crippen molar-refractivity contribution in [3.05, 3.63) is 64.7 Å². The van der Waals surface area contributed by atoms with Crippen molar-refractivity contribution in [1.82, 2.24) is 4.72 Å². The predicted molar refractivity (Wildman–Crippen MR) is 76.9 cm³/mol. The number of benzene rings is 2. The number of sulfonamides is 1. The largest absolute Gasteiger partial charge is 0.417 e. The summed E-state index contributed by atoms with van der Waals surface area (Å²) in [5.41, 5.74) is -0.737.